The summed E-state index contributed by atoms with van der Waals surface area (Å²) in [7, 11) is 0. The zero-order valence-electron chi connectivity index (χ0n) is 11.1. The van der Waals surface area contributed by atoms with E-state index in [0.717, 1.165) is 16.8 Å². The van der Waals surface area contributed by atoms with Gasteiger partial charge in [0.05, 0.1) is 0 Å². The van der Waals surface area contributed by atoms with Crippen LogP contribution in [0.25, 0.3) is 0 Å². The Bertz CT molecular complexity index is 616. The van der Waals surface area contributed by atoms with Crippen molar-refractivity contribution in [2.45, 2.75) is 13.8 Å². The summed E-state index contributed by atoms with van der Waals surface area (Å²) < 4.78 is 0. The number of urea groups is 1. The zero-order chi connectivity index (χ0) is 14.7. The molecule has 0 fully saturated rings. The number of carbonyl (C=O) groups excluding carboxylic acids is 1. The maximum Gasteiger partial charge on any atom is 0.323 e. The minimum atomic E-state index is -0.333. The number of hydrogen-bond acceptors (Lipinski definition) is 1. The lowest BCUT2D eigenvalue weighted by Gasteiger charge is -2.12. The molecule has 0 aromatic heterocycles. The Kier molecular flexibility index (Phi) is 4.53. The summed E-state index contributed by atoms with van der Waals surface area (Å²) in [5.74, 6) is 0. The number of anilines is 2. The highest BCUT2D eigenvalue weighted by molar-refractivity contribution is 6.35. The largest absolute Gasteiger partial charge is 0.323 e. The topological polar surface area (TPSA) is 41.1 Å². The Balaban J connectivity index is 2.13. The van der Waals surface area contributed by atoms with Crippen LogP contribution in [0.2, 0.25) is 10.0 Å². The Morgan fingerprint density at radius 1 is 0.950 bits per heavy atom. The number of nitrogens with one attached hydrogen (secondary N) is 2. The van der Waals surface area contributed by atoms with E-state index in [4.69, 9.17) is 23.2 Å². The number of amides is 2. The summed E-state index contributed by atoms with van der Waals surface area (Å²) in [5, 5.41) is 6.48. The van der Waals surface area contributed by atoms with Crippen LogP contribution in [0.3, 0.4) is 0 Å². The first-order valence-electron chi connectivity index (χ1n) is 6.06. The first kappa shape index (κ1) is 14.7. The van der Waals surface area contributed by atoms with E-state index in [-0.39, 0.29) is 6.03 Å². The van der Waals surface area contributed by atoms with Crippen LogP contribution < -0.4 is 10.6 Å². The molecule has 3 nitrogen and oxygen atoms in total. The SMILES string of the molecule is Cc1cccc(C)c1NC(=O)Nc1cc(Cl)cc(Cl)c1. The molecule has 0 saturated heterocycles. The van der Waals surface area contributed by atoms with Crippen LogP contribution in [0.15, 0.2) is 36.4 Å². The summed E-state index contributed by atoms with van der Waals surface area (Å²) in [4.78, 5) is 12.0. The maximum atomic E-state index is 12.0. The van der Waals surface area contributed by atoms with Crippen LogP contribution in [-0.2, 0) is 0 Å². The average molecular weight is 309 g/mol. The van der Waals surface area contributed by atoms with Crippen LogP contribution >= 0.6 is 23.2 Å². The summed E-state index contributed by atoms with van der Waals surface area (Å²) >= 11 is 11.8. The number of benzene rings is 2. The van der Waals surface area contributed by atoms with E-state index >= 15 is 0 Å². The fourth-order valence-electron chi connectivity index (χ4n) is 1.91. The lowest BCUT2D eigenvalue weighted by molar-refractivity contribution is 0.262. The van der Waals surface area contributed by atoms with Gasteiger partial charge in [-0.3, -0.25) is 0 Å². The second-order valence-corrected chi connectivity index (χ2v) is 5.38. The van der Waals surface area contributed by atoms with E-state index in [0.29, 0.717) is 15.7 Å². The molecule has 104 valence electrons. The molecule has 2 N–H and O–H groups in total. The standard InChI is InChI=1S/C15H14Cl2N2O/c1-9-4-3-5-10(2)14(9)19-15(20)18-13-7-11(16)6-12(17)8-13/h3-8H,1-2H3,(H2,18,19,20). The lowest BCUT2D eigenvalue weighted by atomic mass is 10.1. The van der Waals surface area contributed by atoms with Gasteiger partial charge < -0.3 is 10.6 Å². The van der Waals surface area contributed by atoms with Gasteiger partial charge in [-0.05, 0) is 43.2 Å². The van der Waals surface area contributed by atoms with E-state index < -0.39 is 0 Å². The molecule has 0 atom stereocenters. The van der Waals surface area contributed by atoms with Crippen LogP contribution in [0.4, 0.5) is 16.2 Å². The first-order valence-corrected chi connectivity index (χ1v) is 6.81. The van der Waals surface area contributed by atoms with Crippen molar-refractivity contribution in [1.29, 1.82) is 0 Å². The van der Waals surface area contributed by atoms with E-state index in [1.165, 1.54) is 0 Å². The summed E-state index contributed by atoms with van der Waals surface area (Å²) in [6, 6.07) is 10.4. The molecule has 0 aliphatic rings. The van der Waals surface area contributed by atoms with Gasteiger partial charge in [0.25, 0.3) is 0 Å². The van der Waals surface area contributed by atoms with Crippen molar-refractivity contribution in [3.05, 3.63) is 57.6 Å². The quantitative estimate of drug-likeness (QED) is 0.781. The molecule has 2 aromatic carbocycles. The Labute approximate surface area is 127 Å². The summed E-state index contributed by atoms with van der Waals surface area (Å²) in [6.07, 6.45) is 0. The van der Waals surface area contributed by atoms with Crippen molar-refractivity contribution in [3.63, 3.8) is 0 Å². The predicted molar refractivity (Wildman–Crippen MR) is 85.0 cm³/mol. The number of hydrogen-bond donors (Lipinski definition) is 2. The summed E-state index contributed by atoms with van der Waals surface area (Å²) in [5.41, 5.74) is 3.36. The Morgan fingerprint density at radius 2 is 1.50 bits per heavy atom. The van der Waals surface area contributed by atoms with Crippen LogP contribution in [0, 0.1) is 13.8 Å². The normalized spacial score (nSPS) is 10.2. The zero-order valence-corrected chi connectivity index (χ0v) is 12.6. The van der Waals surface area contributed by atoms with E-state index in [1.54, 1.807) is 18.2 Å². The molecule has 5 heteroatoms. The average Bonchev–Trinajstić information content (AvgIpc) is 2.32. The van der Waals surface area contributed by atoms with Gasteiger partial charge in [-0.2, -0.15) is 0 Å². The van der Waals surface area contributed by atoms with Gasteiger partial charge in [0, 0.05) is 21.4 Å². The number of rotatable bonds is 2. The first-order chi connectivity index (χ1) is 9.45. The highest BCUT2D eigenvalue weighted by Gasteiger charge is 2.08. The lowest BCUT2D eigenvalue weighted by Crippen LogP contribution is -2.20. The third kappa shape index (κ3) is 3.65. The molecule has 0 aliphatic heterocycles. The van der Waals surface area contributed by atoms with Gasteiger partial charge in [-0.1, -0.05) is 41.4 Å². The van der Waals surface area contributed by atoms with Crippen molar-refractivity contribution in [3.8, 4) is 0 Å². The second-order valence-electron chi connectivity index (χ2n) is 4.50. The fraction of sp³-hybridized carbons (Fsp3) is 0.133. The third-order valence-electron chi connectivity index (χ3n) is 2.84. The van der Waals surface area contributed by atoms with Crippen LogP contribution in [-0.4, -0.2) is 6.03 Å². The molecule has 0 saturated carbocycles. The molecule has 0 unspecified atom stereocenters. The van der Waals surface area contributed by atoms with E-state index in [2.05, 4.69) is 10.6 Å². The van der Waals surface area contributed by atoms with Gasteiger partial charge in [0.1, 0.15) is 0 Å². The molecule has 0 spiro atoms. The van der Waals surface area contributed by atoms with Crippen molar-refractivity contribution >= 4 is 40.6 Å². The minimum Gasteiger partial charge on any atom is -0.308 e. The maximum absolute atomic E-state index is 12.0. The Hall–Kier alpha value is -1.71. The highest BCUT2D eigenvalue weighted by atomic mass is 35.5. The van der Waals surface area contributed by atoms with Crippen molar-refractivity contribution in [2.24, 2.45) is 0 Å². The molecule has 0 radical (unpaired) electrons. The van der Waals surface area contributed by atoms with Gasteiger partial charge in [-0.15, -0.1) is 0 Å². The smallest absolute Gasteiger partial charge is 0.308 e. The molecule has 2 amide bonds. The molecule has 0 heterocycles. The monoisotopic (exact) mass is 308 g/mol. The minimum absolute atomic E-state index is 0.333. The third-order valence-corrected chi connectivity index (χ3v) is 3.28. The fourth-order valence-corrected chi connectivity index (χ4v) is 2.44. The van der Waals surface area contributed by atoms with Gasteiger partial charge in [0.15, 0.2) is 0 Å². The molecule has 0 aliphatic carbocycles. The number of halogens is 2. The van der Waals surface area contributed by atoms with E-state index in [1.807, 2.05) is 32.0 Å². The molecule has 2 rings (SSSR count). The highest BCUT2D eigenvalue weighted by Crippen LogP contribution is 2.23. The molecule has 20 heavy (non-hydrogen) atoms. The molecular weight excluding hydrogens is 295 g/mol. The second kappa shape index (κ2) is 6.16. The van der Waals surface area contributed by atoms with Gasteiger partial charge in [-0.25, -0.2) is 4.79 Å². The molecular formula is C15H14Cl2N2O. The number of aryl methyl sites for hydroxylation is 2. The van der Waals surface area contributed by atoms with Crippen molar-refractivity contribution in [1.82, 2.24) is 0 Å². The number of para-hydroxylation sites is 1. The van der Waals surface area contributed by atoms with Crippen molar-refractivity contribution < 1.29 is 4.79 Å². The van der Waals surface area contributed by atoms with Gasteiger partial charge in [0.2, 0.25) is 0 Å². The molecule has 2 aromatic rings. The predicted octanol–water partition coefficient (Wildman–Crippen LogP) is 5.25. The number of carbonyl (C=O) groups is 1. The van der Waals surface area contributed by atoms with Gasteiger partial charge >= 0.3 is 6.03 Å². The summed E-state index contributed by atoms with van der Waals surface area (Å²) in [6.45, 7) is 3.89. The van der Waals surface area contributed by atoms with E-state index in [9.17, 15) is 4.79 Å². The molecule has 0 bridgehead atoms. The van der Waals surface area contributed by atoms with Crippen LogP contribution in [0.1, 0.15) is 11.1 Å². The van der Waals surface area contributed by atoms with Crippen molar-refractivity contribution in [2.75, 3.05) is 10.6 Å². The Morgan fingerprint density at radius 3 is 2.05 bits per heavy atom. The van der Waals surface area contributed by atoms with Crippen LogP contribution in [0.5, 0.6) is 0 Å².